The van der Waals surface area contributed by atoms with Crippen molar-refractivity contribution in [3.05, 3.63) is 66.0 Å². The second-order valence-electron chi connectivity index (χ2n) is 4.43. The van der Waals surface area contributed by atoms with Crippen LogP contribution in [0.15, 0.2) is 54.6 Å². The highest BCUT2D eigenvalue weighted by Crippen LogP contribution is 2.32. The SMILES string of the molecule is Fc1ccc(NC(CC(F)(F)F)c2ccccc2)cc1. The minimum absolute atomic E-state index is 0.428. The van der Waals surface area contributed by atoms with Gasteiger partial charge in [0, 0.05) is 5.69 Å². The van der Waals surface area contributed by atoms with Crippen LogP contribution in [0.5, 0.6) is 0 Å². The minimum atomic E-state index is -4.28. The fourth-order valence-electron chi connectivity index (χ4n) is 1.92. The van der Waals surface area contributed by atoms with Gasteiger partial charge in [-0.25, -0.2) is 4.39 Å². The van der Waals surface area contributed by atoms with Crippen molar-refractivity contribution in [2.75, 3.05) is 5.32 Å². The van der Waals surface area contributed by atoms with E-state index in [2.05, 4.69) is 5.32 Å². The molecule has 0 aliphatic heterocycles. The number of benzene rings is 2. The summed E-state index contributed by atoms with van der Waals surface area (Å²) >= 11 is 0. The van der Waals surface area contributed by atoms with E-state index in [-0.39, 0.29) is 0 Å². The van der Waals surface area contributed by atoms with E-state index in [4.69, 9.17) is 0 Å². The van der Waals surface area contributed by atoms with Crippen molar-refractivity contribution in [2.24, 2.45) is 0 Å². The van der Waals surface area contributed by atoms with E-state index < -0.39 is 24.5 Å². The molecule has 0 aromatic heterocycles. The molecule has 0 saturated carbocycles. The first-order chi connectivity index (χ1) is 9.44. The Morgan fingerprint density at radius 2 is 1.50 bits per heavy atom. The molecule has 1 N–H and O–H groups in total. The van der Waals surface area contributed by atoms with Crippen molar-refractivity contribution in [1.29, 1.82) is 0 Å². The van der Waals surface area contributed by atoms with Crippen molar-refractivity contribution >= 4 is 5.69 Å². The van der Waals surface area contributed by atoms with Crippen LogP contribution in [-0.4, -0.2) is 6.18 Å². The Kier molecular flexibility index (Phi) is 4.27. The number of nitrogens with one attached hydrogen (secondary N) is 1. The zero-order valence-electron chi connectivity index (χ0n) is 10.5. The highest BCUT2D eigenvalue weighted by Gasteiger charge is 2.32. The average Bonchev–Trinajstić information content (AvgIpc) is 2.40. The summed E-state index contributed by atoms with van der Waals surface area (Å²) in [5, 5.41) is 2.79. The van der Waals surface area contributed by atoms with Crippen molar-refractivity contribution < 1.29 is 17.6 Å². The maximum absolute atomic E-state index is 12.8. The highest BCUT2D eigenvalue weighted by molar-refractivity contribution is 5.45. The van der Waals surface area contributed by atoms with Crippen LogP contribution in [-0.2, 0) is 0 Å². The zero-order chi connectivity index (χ0) is 14.6. The number of anilines is 1. The molecule has 0 bridgehead atoms. The molecule has 2 aromatic rings. The van der Waals surface area contributed by atoms with E-state index in [1.54, 1.807) is 30.3 Å². The third kappa shape index (κ3) is 4.26. The molecule has 2 aromatic carbocycles. The summed E-state index contributed by atoms with van der Waals surface area (Å²) in [6, 6.07) is 12.7. The van der Waals surface area contributed by atoms with Gasteiger partial charge in [0.05, 0.1) is 12.5 Å². The van der Waals surface area contributed by atoms with Crippen molar-refractivity contribution in [1.82, 2.24) is 0 Å². The molecule has 0 aliphatic rings. The quantitative estimate of drug-likeness (QED) is 0.784. The van der Waals surface area contributed by atoms with Crippen LogP contribution in [0.25, 0.3) is 0 Å². The summed E-state index contributed by atoms with van der Waals surface area (Å²) in [4.78, 5) is 0. The molecule has 2 rings (SSSR count). The molecule has 0 saturated heterocycles. The fraction of sp³-hybridized carbons (Fsp3) is 0.200. The Morgan fingerprint density at radius 3 is 2.05 bits per heavy atom. The third-order valence-electron chi connectivity index (χ3n) is 2.82. The average molecular weight is 283 g/mol. The first-order valence-corrected chi connectivity index (χ1v) is 6.08. The highest BCUT2D eigenvalue weighted by atomic mass is 19.4. The Bertz CT molecular complexity index is 534. The standard InChI is InChI=1S/C15H13F4N/c16-12-6-8-13(9-7-12)20-14(10-15(17,18)19)11-4-2-1-3-5-11/h1-9,14,20H,10H2. The summed E-state index contributed by atoms with van der Waals surface area (Å²) < 4.78 is 50.8. The molecule has 0 amide bonds. The van der Waals surface area contributed by atoms with E-state index in [9.17, 15) is 17.6 Å². The minimum Gasteiger partial charge on any atom is -0.378 e. The molecule has 106 valence electrons. The molecule has 1 atom stereocenters. The lowest BCUT2D eigenvalue weighted by Crippen LogP contribution is -2.20. The van der Waals surface area contributed by atoms with Crippen molar-refractivity contribution in [2.45, 2.75) is 18.6 Å². The Balaban J connectivity index is 2.20. The van der Waals surface area contributed by atoms with Crippen LogP contribution in [0.1, 0.15) is 18.0 Å². The number of alkyl halides is 3. The van der Waals surface area contributed by atoms with E-state index in [1.165, 1.54) is 24.3 Å². The van der Waals surface area contributed by atoms with Crippen LogP contribution in [0.3, 0.4) is 0 Å². The molecular weight excluding hydrogens is 270 g/mol. The predicted molar refractivity (Wildman–Crippen MR) is 69.9 cm³/mol. The number of halogens is 4. The van der Waals surface area contributed by atoms with Gasteiger partial charge in [-0.05, 0) is 29.8 Å². The predicted octanol–water partition coefficient (Wildman–Crippen LogP) is 4.93. The summed E-state index contributed by atoms with van der Waals surface area (Å²) in [6.45, 7) is 0. The second-order valence-corrected chi connectivity index (χ2v) is 4.43. The Labute approximate surface area is 114 Å². The Hall–Kier alpha value is -2.04. The van der Waals surface area contributed by atoms with Gasteiger partial charge in [-0.2, -0.15) is 13.2 Å². The van der Waals surface area contributed by atoms with Crippen LogP contribution in [0.2, 0.25) is 0 Å². The van der Waals surface area contributed by atoms with Gasteiger partial charge < -0.3 is 5.32 Å². The summed E-state index contributed by atoms with van der Waals surface area (Å²) in [5.41, 5.74) is 0.985. The first kappa shape index (κ1) is 14.4. The smallest absolute Gasteiger partial charge is 0.378 e. The Morgan fingerprint density at radius 1 is 0.900 bits per heavy atom. The third-order valence-corrected chi connectivity index (χ3v) is 2.82. The van der Waals surface area contributed by atoms with E-state index in [1.807, 2.05) is 0 Å². The molecular formula is C15H13F4N. The summed E-state index contributed by atoms with van der Waals surface area (Å²) in [6.07, 6.45) is -5.28. The summed E-state index contributed by atoms with van der Waals surface area (Å²) in [7, 11) is 0. The van der Waals surface area contributed by atoms with Crippen LogP contribution < -0.4 is 5.32 Å². The van der Waals surface area contributed by atoms with Gasteiger partial charge >= 0.3 is 6.18 Å². The molecule has 0 fully saturated rings. The largest absolute Gasteiger partial charge is 0.391 e. The molecule has 20 heavy (non-hydrogen) atoms. The molecule has 0 heterocycles. The van der Waals surface area contributed by atoms with Gasteiger partial charge in [0.1, 0.15) is 5.82 Å². The van der Waals surface area contributed by atoms with Crippen molar-refractivity contribution in [3.63, 3.8) is 0 Å². The van der Waals surface area contributed by atoms with E-state index >= 15 is 0 Å². The molecule has 0 spiro atoms. The normalized spacial score (nSPS) is 13.0. The van der Waals surface area contributed by atoms with Gasteiger partial charge in [-0.1, -0.05) is 30.3 Å². The van der Waals surface area contributed by atoms with Gasteiger partial charge in [-0.3, -0.25) is 0 Å². The molecule has 0 aliphatic carbocycles. The van der Waals surface area contributed by atoms with Gasteiger partial charge in [0.2, 0.25) is 0 Å². The van der Waals surface area contributed by atoms with E-state index in [0.717, 1.165) is 0 Å². The molecule has 5 heteroatoms. The number of hydrogen-bond acceptors (Lipinski definition) is 1. The van der Waals surface area contributed by atoms with Gasteiger partial charge in [0.25, 0.3) is 0 Å². The molecule has 1 unspecified atom stereocenters. The van der Waals surface area contributed by atoms with E-state index in [0.29, 0.717) is 11.3 Å². The second kappa shape index (κ2) is 5.94. The lowest BCUT2D eigenvalue weighted by Gasteiger charge is -2.21. The van der Waals surface area contributed by atoms with Crippen molar-refractivity contribution in [3.8, 4) is 0 Å². The van der Waals surface area contributed by atoms with Crippen LogP contribution in [0, 0.1) is 5.82 Å². The maximum Gasteiger partial charge on any atom is 0.391 e. The van der Waals surface area contributed by atoms with Crippen LogP contribution in [0.4, 0.5) is 23.2 Å². The van der Waals surface area contributed by atoms with Gasteiger partial charge in [0.15, 0.2) is 0 Å². The number of rotatable bonds is 4. The maximum atomic E-state index is 12.8. The fourth-order valence-corrected chi connectivity index (χ4v) is 1.92. The lowest BCUT2D eigenvalue weighted by molar-refractivity contribution is -0.137. The first-order valence-electron chi connectivity index (χ1n) is 6.08. The topological polar surface area (TPSA) is 12.0 Å². The molecule has 0 radical (unpaired) electrons. The summed E-state index contributed by atoms with van der Waals surface area (Å²) in [5.74, 6) is -0.428. The van der Waals surface area contributed by atoms with Crippen LogP contribution >= 0.6 is 0 Å². The number of hydrogen-bond donors (Lipinski definition) is 1. The van der Waals surface area contributed by atoms with Gasteiger partial charge in [-0.15, -0.1) is 0 Å². The lowest BCUT2D eigenvalue weighted by atomic mass is 10.0. The zero-order valence-corrected chi connectivity index (χ0v) is 10.5. The monoisotopic (exact) mass is 283 g/mol. The molecule has 1 nitrogen and oxygen atoms in total.